The molecule has 2 aromatic carbocycles. The van der Waals surface area contributed by atoms with Gasteiger partial charge in [-0.05, 0) is 87.1 Å². The third-order valence-corrected chi connectivity index (χ3v) is 9.46. The van der Waals surface area contributed by atoms with E-state index in [1.54, 1.807) is 6.20 Å². The Labute approximate surface area is 250 Å². The van der Waals surface area contributed by atoms with Crippen LogP contribution in [0.3, 0.4) is 0 Å². The second-order valence-corrected chi connectivity index (χ2v) is 12.0. The summed E-state index contributed by atoms with van der Waals surface area (Å²) in [6.45, 7) is 7.86. The van der Waals surface area contributed by atoms with Crippen molar-refractivity contribution in [3.8, 4) is 22.4 Å². The zero-order valence-electron chi connectivity index (χ0n) is 24.5. The fourth-order valence-electron chi connectivity index (χ4n) is 6.73. The Morgan fingerprint density at radius 2 is 1.56 bits per heavy atom. The topological polar surface area (TPSA) is 70.2 Å². The Balaban J connectivity index is 0.00000165. The summed E-state index contributed by atoms with van der Waals surface area (Å²) >= 11 is 6.55. The largest absolute Gasteiger partial charge is 0.351 e. The SMILES string of the molecule is CC.O=C(C1CCC2(CCNCC2)CC1)N1CCC(Nc2ncc(Cl)c(-c3cccc(-c4ccccc4)c3)n2)CC1. The second kappa shape index (κ2) is 13.8. The Kier molecular flexibility index (Phi) is 9.94. The van der Waals surface area contributed by atoms with Gasteiger partial charge in [-0.1, -0.05) is 74.0 Å². The summed E-state index contributed by atoms with van der Waals surface area (Å²) < 4.78 is 0. The molecule has 6 rings (SSSR count). The van der Waals surface area contributed by atoms with Gasteiger partial charge in [-0.2, -0.15) is 0 Å². The third kappa shape index (κ3) is 7.10. The Bertz CT molecular complexity index is 1280. The van der Waals surface area contributed by atoms with Crippen molar-refractivity contribution in [1.29, 1.82) is 0 Å². The van der Waals surface area contributed by atoms with E-state index in [9.17, 15) is 4.79 Å². The van der Waals surface area contributed by atoms with Gasteiger partial charge in [-0.3, -0.25) is 4.79 Å². The molecule has 3 heterocycles. The van der Waals surface area contributed by atoms with E-state index < -0.39 is 0 Å². The van der Waals surface area contributed by atoms with Crippen molar-refractivity contribution in [2.45, 2.75) is 71.3 Å². The summed E-state index contributed by atoms with van der Waals surface area (Å²) in [4.78, 5) is 24.7. The van der Waals surface area contributed by atoms with E-state index in [0.29, 0.717) is 22.3 Å². The van der Waals surface area contributed by atoms with E-state index in [4.69, 9.17) is 16.6 Å². The first kappa shape index (κ1) is 29.5. The van der Waals surface area contributed by atoms with Crippen LogP contribution in [0.15, 0.2) is 60.8 Å². The first-order valence-corrected chi connectivity index (χ1v) is 15.9. The fourth-order valence-corrected chi connectivity index (χ4v) is 6.94. The van der Waals surface area contributed by atoms with Gasteiger partial charge in [-0.25, -0.2) is 9.97 Å². The summed E-state index contributed by atoms with van der Waals surface area (Å²) in [6, 6.07) is 18.8. The van der Waals surface area contributed by atoms with E-state index in [1.165, 1.54) is 25.7 Å². The van der Waals surface area contributed by atoms with Gasteiger partial charge in [0.2, 0.25) is 11.9 Å². The molecule has 0 unspecified atom stereocenters. The van der Waals surface area contributed by atoms with Crippen LogP contribution in [0, 0.1) is 11.3 Å². The molecule has 6 nitrogen and oxygen atoms in total. The molecule has 3 aliphatic rings. The first-order valence-electron chi connectivity index (χ1n) is 15.5. The minimum absolute atomic E-state index is 0.212. The zero-order chi connectivity index (χ0) is 28.7. The van der Waals surface area contributed by atoms with E-state index in [1.807, 2.05) is 44.2 Å². The molecule has 1 spiro atoms. The quantitative estimate of drug-likeness (QED) is 0.332. The molecule has 0 atom stereocenters. The van der Waals surface area contributed by atoms with Gasteiger partial charge in [-0.15, -0.1) is 0 Å². The molecular formula is C34H44ClN5O. The van der Waals surface area contributed by atoms with Crippen LogP contribution in [-0.2, 0) is 4.79 Å². The van der Waals surface area contributed by atoms with Crippen LogP contribution < -0.4 is 10.6 Å². The van der Waals surface area contributed by atoms with Crippen molar-refractivity contribution in [1.82, 2.24) is 20.2 Å². The highest BCUT2D eigenvalue weighted by molar-refractivity contribution is 6.32. The molecule has 41 heavy (non-hydrogen) atoms. The molecule has 2 N–H and O–H groups in total. The Hall–Kier alpha value is -2.96. The van der Waals surface area contributed by atoms with E-state index in [-0.39, 0.29) is 12.0 Å². The molecule has 2 saturated heterocycles. The lowest BCUT2D eigenvalue weighted by Crippen LogP contribution is -2.47. The highest BCUT2D eigenvalue weighted by Gasteiger charge is 2.39. The third-order valence-electron chi connectivity index (χ3n) is 9.19. The summed E-state index contributed by atoms with van der Waals surface area (Å²) in [5.41, 5.74) is 4.47. The van der Waals surface area contributed by atoms with Crippen molar-refractivity contribution in [2.75, 3.05) is 31.5 Å². The number of rotatable bonds is 5. The maximum absolute atomic E-state index is 13.3. The number of hydrogen-bond acceptors (Lipinski definition) is 5. The Morgan fingerprint density at radius 1 is 0.902 bits per heavy atom. The van der Waals surface area contributed by atoms with Gasteiger partial charge in [0, 0.05) is 30.6 Å². The number of nitrogens with zero attached hydrogens (tertiary/aromatic N) is 3. The number of nitrogens with one attached hydrogen (secondary N) is 2. The van der Waals surface area contributed by atoms with Crippen LogP contribution >= 0.6 is 11.6 Å². The van der Waals surface area contributed by atoms with Gasteiger partial charge in [0.1, 0.15) is 0 Å². The zero-order valence-corrected chi connectivity index (χ0v) is 25.3. The highest BCUT2D eigenvalue weighted by Crippen LogP contribution is 2.45. The molecular weight excluding hydrogens is 530 g/mol. The number of benzene rings is 2. The number of aromatic nitrogens is 2. The highest BCUT2D eigenvalue weighted by atomic mass is 35.5. The van der Waals surface area contributed by atoms with Crippen LogP contribution in [0.4, 0.5) is 5.95 Å². The molecule has 0 radical (unpaired) electrons. The average molecular weight is 574 g/mol. The fraction of sp³-hybridized carbons (Fsp3) is 0.500. The smallest absolute Gasteiger partial charge is 0.225 e. The molecule has 3 aromatic rings. The van der Waals surface area contributed by atoms with Crippen LogP contribution in [-0.4, -0.2) is 53.0 Å². The lowest BCUT2D eigenvalue weighted by atomic mass is 9.65. The standard InChI is InChI=1S/C32H38ClN5O.C2H6/c33-28-22-35-31(37-29(28)26-8-4-7-25(21-26)23-5-2-1-3-6-23)36-27-11-19-38(20-12-27)30(39)24-9-13-32(14-10-24)15-17-34-18-16-32;1-2/h1-8,21-22,24,27,34H,9-20H2,(H,35,36,37);1-2H3. The lowest BCUT2D eigenvalue weighted by molar-refractivity contribution is -0.138. The van der Waals surface area contributed by atoms with Gasteiger partial charge >= 0.3 is 0 Å². The minimum atomic E-state index is 0.212. The summed E-state index contributed by atoms with van der Waals surface area (Å²) in [7, 11) is 0. The molecule has 2 aliphatic heterocycles. The molecule has 1 amide bonds. The van der Waals surface area contributed by atoms with Gasteiger partial charge in [0.05, 0.1) is 16.9 Å². The predicted octanol–water partition coefficient (Wildman–Crippen LogP) is 7.45. The minimum Gasteiger partial charge on any atom is -0.351 e. The van der Waals surface area contributed by atoms with Crippen LogP contribution in [0.1, 0.15) is 65.2 Å². The number of carbonyl (C=O) groups excluding carboxylic acids is 1. The number of amides is 1. The molecule has 7 heteroatoms. The second-order valence-electron chi connectivity index (χ2n) is 11.6. The summed E-state index contributed by atoms with van der Waals surface area (Å²) in [5, 5.41) is 7.54. The monoisotopic (exact) mass is 573 g/mol. The number of piperidine rings is 2. The van der Waals surface area contributed by atoms with E-state index >= 15 is 0 Å². The van der Waals surface area contributed by atoms with Crippen molar-refractivity contribution in [2.24, 2.45) is 11.3 Å². The molecule has 218 valence electrons. The van der Waals surface area contributed by atoms with Crippen molar-refractivity contribution in [3.05, 3.63) is 65.8 Å². The maximum atomic E-state index is 13.3. The number of halogens is 1. The number of likely N-dealkylation sites (tertiary alicyclic amines) is 1. The molecule has 1 aromatic heterocycles. The first-order chi connectivity index (χ1) is 20.1. The normalized spacial score (nSPS) is 19.3. The summed E-state index contributed by atoms with van der Waals surface area (Å²) in [5.74, 6) is 1.17. The Morgan fingerprint density at radius 3 is 2.27 bits per heavy atom. The molecule has 0 bridgehead atoms. The van der Waals surface area contributed by atoms with E-state index in [0.717, 1.165) is 74.2 Å². The number of hydrogen-bond donors (Lipinski definition) is 2. The lowest BCUT2D eigenvalue weighted by Gasteiger charge is -2.44. The molecule has 1 aliphatic carbocycles. The predicted molar refractivity (Wildman–Crippen MR) is 169 cm³/mol. The van der Waals surface area contributed by atoms with Crippen LogP contribution in [0.25, 0.3) is 22.4 Å². The average Bonchev–Trinajstić information content (AvgIpc) is 3.04. The maximum Gasteiger partial charge on any atom is 0.225 e. The van der Waals surface area contributed by atoms with Crippen molar-refractivity contribution >= 4 is 23.5 Å². The van der Waals surface area contributed by atoms with Crippen molar-refractivity contribution < 1.29 is 4.79 Å². The molecule has 1 saturated carbocycles. The number of carbonyl (C=O) groups is 1. The van der Waals surface area contributed by atoms with Gasteiger partial charge < -0.3 is 15.5 Å². The van der Waals surface area contributed by atoms with Gasteiger partial charge in [0.25, 0.3) is 0 Å². The van der Waals surface area contributed by atoms with E-state index in [2.05, 4.69) is 44.8 Å². The van der Waals surface area contributed by atoms with Gasteiger partial charge in [0.15, 0.2) is 0 Å². The summed E-state index contributed by atoms with van der Waals surface area (Å²) in [6.07, 6.45) is 10.6. The number of anilines is 1. The van der Waals surface area contributed by atoms with Crippen molar-refractivity contribution in [3.63, 3.8) is 0 Å². The molecule has 3 fully saturated rings. The van der Waals surface area contributed by atoms with Crippen LogP contribution in [0.5, 0.6) is 0 Å². The van der Waals surface area contributed by atoms with Crippen LogP contribution in [0.2, 0.25) is 5.02 Å².